The summed E-state index contributed by atoms with van der Waals surface area (Å²) in [4.78, 5) is 22.8. The van der Waals surface area contributed by atoms with Crippen LogP contribution in [0.15, 0.2) is 36.5 Å². The zero-order chi connectivity index (χ0) is 25.2. The lowest BCUT2D eigenvalue weighted by Crippen LogP contribution is -2.45. The molecule has 3 aliphatic rings. The number of ether oxygens (including phenoxy) is 3. The predicted molar refractivity (Wildman–Crippen MR) is 141 cm³/mol. The number of anilines is 4. The fourth-order valence-corrected chi connectivity index (χ4v) is 5.60. The number of hydrogen-bond acceptors (Lipinski definition) is 7. The van der Waals surface area contributed by atoms with E-state index in [-0.39, 0.29) is 18.1 Å². The van der Waals surface area contributed by atoms with Gasteiger partial charge < -0.3 is 29.3 Å². The number of rotatable bonds is 5. The molecule has 1 aromatic carbocycles. The third-order valence-electron chi connectivity index (χ3n) is 7.48. The van der Waals surface area contributed by atoms with Gasteiger partial charge in [0.1, 0.15) is 11.9 Å². The van der Waals surface area contributed by atoms with Gasteiger partial charge in [-0.2, -0.15) is 0 Å². The number of nitrogens with zero attached hydrogens (tertiary/aromatic N) is 3. The lowest BCUT2D eigenvalue weighted by atomic mass is 9.99. The molecule has 5 rings (SSSR count). The van der Waals surface area contributed by atoms with E-state index in [1.165, 1.54) is 0 Å². The van der Waals surface area contributed by atoms with Crippen LogP contribution in [0.3, 0.4) is 0 Å². The number of methoxy groups -OCH3 is 1. The van der Waals surface area contributed by atoms with Crippen LogP contribution in [-0.2, 0) is 25.5 Å². The van der Waals surface area contributed by atoms with E-state index >= 15 is 0 Å². The molecule has 4 atom stereocenters. The van der Waals surface area contributed by atoms with Crippen molar-refractivity contribution < 1.29 is 19.0 Å². The Kier molecular flexibility index (Phi) is 7.46. The molecular formula is C28H38N4O4. The van der Waals surface area contributed by atoms with Crippen molar-refractivity contribution in [3.63, 3.8) is 0 Å². The molecule has 194 valence electrons. The van der Waals surface area contributed by atoms with Crippen LogP contribution in [0.4, 0.5) is 22.9 Å². The Balaban J connectivity index is 1.43. The van der Waals surface area contributed by atoms with Crippen LogP contribution < -0.4 is 15.1 Å². The van der Waals surface area contributed by atoms with Gasteiger partial charge in [0.25, 0.3) is 5.91 Å². The van der Waals surface area contributed by atoms with Crippen LogP contribution in [0.25, 0.3) is 0 Å². The van der Waals surface area contributed by atoms with E-state index in [2.05, 4.69) is 40.3 Å². The molecule has 36 heavy (non-hydrogen) atoms. The zero-order valence-electron chi connectivity index (χ0n) is 21.8. The van der Waals surface area contributed by atoms with Crippen LogP contribution in [0.1, 0.15) is 52.0 Å². The normalized spacial score (nSPS) is 26.1. The summed E-state index contributed by atoms with van der Waals surface area (Å²) < 4.78 is 17.6. The van der Waals surface area contributed by atoms with Gasteiger partial charge in [0, 0.05) is 37.1 Å². The number of aromatic nitrogens is 1. The van der Waals surface area contributed by atoms with E-state index in [1.54, 1.807) is 13.3 Å². The van der Waals surface area contributed by atoms with E-state index < -0.39 is 6.10 Å². The molecule has 4 heterocycles. The molecule has 1 aromatic heterocycles. The Morgan fingerprint density at radius 3 is 2.78 bits per heavy atom. The maximum atomic E-state index is 13.9. The minimum absolute atomic E-state index is 0.0129. The quantitative estimate of drug-likeness (QED) is 0.649. The summed E-state index contributed by atoms with van der Waals surface area (Å²) in [5, 5.41) is 3.47. The molecule has 0 unspecified atom stereocenters. The van der Waals surface area contributed by atoms with Gasteiger partial charge in [0.05, 0.1) is 42.8 Å². The number of carbonyl (C=O) groups is 1. The van der Waals surface area contributed by atoms with Crippen molar-refractivity contribution >= 4 is 28.8 Å². The monoisotopic (exact) mass is 494 g/mol. The minimum Gasteiger partial charge on any atom is -0.381 e. The summed E-state index contributed by atoms with van der Waals surface area (Å²) in [5.41, 5.74) is 3.83. The number of amides is 1. The SMILES string of the molecule is CO[C@@H]1CCN(c2ccc3c(c2)N(C(=O)[C@H]2CC[C@H](OC(C)C)CO2)Cc2cccnc2N3)[C@@H](C)C1. The lowest BCUT2D eigenvalue weighted by Gasteiger charge is -2.39. The molecule has 2 aromatic rings. The number of fused-ring (bicyclic) bond motifs is 2. The van der Waals surface area contributed by atoms with Crippen molar-refractivity contribution in [2.24, 2.45) is 0 Å². The molecule has 8 nitrogen and oxygen atoms in total. The fraction of sp³-hybridized carbons (Fsp3) is 0.571. The zero-order valence-corrected chi connectivity index (χ0v) is 21.8. The number of hydrogen-bond donors (Lipinski definition) is 1. The average Bonchev–Trinajstić information content (AvgIpc) is 3.04. The molecule has 3 aliphatic heterocycles. The maximum absolute atomic E-state index is 13.9. The van der Waals surface area contributed by atoms with Crippen LogP contribution in [-0.4, -0.2) is 61.6 Å². The topological polar surface area (TPSA) is 76.2 Å². The Morgan fingerprint density at radius 2 is 2.06 bits per heavy atom. The van der Waals surface area contributed by atoms with E-state index in [1.807, 2.05) is 30.9 Å². The van der Waals surface area contributed by atoms with Crippen molar-refractivity contribution in [3.05, 3.63) is 42.1 Å². The smallest absolute Gasteiger partial charge is 0.256 e. The molecule has 8 heteroatoms. The first-order valence-corrected chi connectivity index (χ1v) is 13.2. The summed E-state index contributed by atoms with van der Waals surface area (Å²) in [6.45, 7) is 8.10. The first-order chi connectivity index (χ1) is 17.4. The van der Waals surface area contributed by atoms with Crippen LogP contribution in [0.5, 0.6) is 0 Å². The Hall–Kier alpha value is -2.68. The van der Waals surface area contributed by atoms with Gasteiger partial charge in [-0.05, 0) is 70.7 Å². The summed E-state index contributed by atoms with van der Waals surface area (Å²) in [6.07, 6.45) is 5.22. The minimum atomic E-state index is -0.483. The van der Waals surface area contributed by atoms with Gasteiger partial charge in [-0.15, -0.1) is 0 Å². The van der Waals surface area contributed by atoms with Crippen molar-refractivity contribution in [2.45, 2.75) is 83.5 Å². The number of pyridine rings is 1. The standard InChI is InChI=1S/C28H38N4O4/c1-18(2)36-23-8-10-26(35-17-23)28(33)32-16-20-6-5-12-29-27(20)30-24-9-7-21(15-25(24)32)31-13-11-22(34-4)14-19(31)3/h5-7,9,12,15,18-19,22-23,26H,8,10-11,13-14,16-17H2,1-4H3,(H,29,30)/t19-,22+,23-,26+/m0/s1. The number of carbonyl (C=O) groups excluding carboxylic acids is 1. The van der Waals surface area contributed by atoms with E-state index in [0.29, 0.717) is 31.7 Å². The van der Waals surface area contributed by atoms with Gasteiger partial charge in [0.15, 0.2) is 0 Å². The highest BCUT2D eigenvalue weighted by atomic mass is 16.5. The molecule has 1 N–H and O–H groups in total. The highest BCUT2D eigenvalue weighted by molar-refractivity contribution is 6.01. The lowest BCUT2D eigenvalue weighted by molar-refractivity contribution is -0.143. The number of benzene rings is 1. The van der Waals surface area contributed by atoms with Gasteiger partial charge >= 0.3 is 0 Å². The summed E-state index contributed by atoms with van der Waals surface area (Å²) in [6, 6.07) is 10.6. The Labute approximate surface area is 213 Å². The molecule has 0 radical (unpaired) electrons. The molecule has 1 amide bonds. The largest absolute Gasteiger partial charge is 0.381 e. The molecule has 2 fully saturated rings. The van der Waals surface area contributed by atoms with Crippen LogP contribution in [0.2, 0.25) is 0 Å². The van der Waals surface area contributed by atoms with E-state index in [9.17, 15) is 4.79 Å². The highest BCUT2D eigenvalue weighted by Gasteiger charge is 2.35. The number of piperidine rings is 1. The first-order valence-electron chi connectivity index (χ1n) is 13.2. The molecule has 2 saturated heterocycles. The molecule has 0 bridgehead atoms. The van der Waals surface area contributed by atoms with Crippen molar-refractivity contribution in [2.75, 3.05) is 35.4 Å². The molecule has 0 spiro atoms. The summed E-state index contributed by atoms with van der Waals surface area (Å²) in [5.74, 6) is 0.770. The fourth-order valence-electron chi connectivity index (χ4n) is 5.60. The van der Waals surface area contributed by atoms with Gasteiger partial charge in [-0.3, -0.25) is 4.79 Å². The van der Waals surface area contributed by atoms with E-state index in [4.69, 9.17) is 14.2 Å². The van der Waals surface area contributed by atoms with Crippen LogP contribution in [0, 0.1) is 0 Å². The van der Waals surface area contributed by atoms with Crippen molar-refractivity contribution in [3.8, 4) is 0 Å². The Bertz CT molecular complexity index is 1070. The third kappa shape index (κ3) is 5.21. The van der Waals surface area contributed by atoms with Crippen molar-refractivity contribution in [1.29, 1.82) is 0 Å². The first kappa shape index (κ1) is 25.0. The summed E-state index contributed by atoms with van der Waals surface area (Å²) in [7, 11) is 1.79. The molecule has 0 aliphatic carbocycles. The second kappa shape index (κ2) is 10.7. The Morgan fingerprint density at radius 1 is 1.19 bits per heavy atom. The second-order valence-electron chi connectivity index (χ2n) is 10.4. The van der Waals surface area contributed by atoms with Gasteiger partial charge in [0.2, 0.25) is 0 Å². The van der Waals surface area contributed by atoms with E-state index in [0.717, 1.165) is 54.3 Å². The van der Waals surface area contributed by atoms with Gasteiger partial charge in [-0.25, -0.2) is 4.98 Å². The van der Waals surface area contributed by atoms with Crippen molar-refractivity contribution in [1.82, 2.24) is 4.98 Å². The third-order valence-corrected chi connectivity index (χ3v) is 7.48. The summed E-state index contributed by atoms with van der Waals surface area (Å²) >= 11 is 0. The highest BCUT2D eigenvalue weighted by Crippen LogP contribution is 2.39. The maximum Gasteiger partial charge on any atom is 0.256 e. The number of nitrogens with one attached hydrogen (secondary N) is 1. The molecule has 0 saturated carbocycles. The van der Waals surface area contributed by atoms with Crippen LogP contribution >= 0.6 is 0 Å². The average molecular weight is 495 g/mol. The van der Waals surface area contributed by atoms with Gasteiger partial charge in [-0.1, -0.05) is 6.07 Å². The molecular weight excluding hydrogens is 456 g/mol. The predicted octanol–water partition coefficient (Wildman–Crippen LogP) is 4.65. The second-order valence-corrected chi connectivity index (χ2v) is 10.4.